The number of rotatable bonds is 5. The zero-order valence-corrected chi connectivity index (χ0v) is 23.4. The molecule has 0 aliphatic carbocycles. The van der Waals surface area contributed by atoms with E-state index >= 15 is 0 Å². The van der Waals surface area contributed by atoms with E-state index in [-0.39, 0.29) is 10.6 Å². The van der Waals surface area contributed by atoms with Crippen molar-refractivity contribution >= 4 is 22.7 Å². The predicted octanol–water partition coefficient (Wildman–Crippen LogP) is 5.83. The third-order valence-corrected chi connectivity index (χ3v) is 7.52. The minimum absolute atomic E-state index is 0.171. The van der Waals surface area contributed by atoms with Gasteiger partial charge in [0.1, 0.15) is 5.69 Å². The van der Waals surface area contributed by atoms with Crippen molar-refractivity contribution in [1.29, 1.82) is 0 Å². The second kappa shape index (κ2) is 12.2. The van der Waals surface area contributed by atoms with Crippen molar-refractivity contribution in [3.63, 3.8) is 0 Å². The number of nitrogen functional groups attached to an aromatic ring is 1. The minimum Gasteiger partial charge on any atom is -0.397 e. The number of hydrogen-bond donors (Lipinski definition) is 1. The average molecular weight is 543 g/mol. The summed E-state index contributed by atoms with van der Waals surface area (Å²) >= 11 is 0. The SMILES string of the molecule is Cc1cnn(-c2ccc(N)c(N3CCCCC3)c2)c1.Cc1cnn(-c2ccc([N+](=O)[O-])c(N3CCCCC3)c2)c1. The number of hydrogen-bond acceptors (Lipinski definition) is 7. The molecule has 4 heterocycles. The molecule has 0 bridgehead atoms. The standard InChI is InChI=1S/C15H18N4O2.C15H20N4/c1-12-10-16-18(11-12)13-5-6-14(19(20)21)15(9-13)17-7-3-2-4-8-17;1-12-10-17-19(11-12)13-5-6-14(16)15(9-13)18-7-3-2-4-8-18/h5-6,9-11H,2-4,7-8H2,1H3;5-6,9-11H,2-4,7-8,16H2,1H3. The number of piperidine rings is 2. The van der Waals surface area contributed by atoms with Crippen LogP contribution >= 0.6 is 0 Å². The van der Waals surface area contributed by atoms with Crippen LogP contribution in [-0.4, -0.2) is 50.7 Å². The summed E-state index contributed by atoms with van der Waals surface area (Å²) in [4.78, 5) is 15.5. The van der Waals surface area contributed by atoms with E-state index in [1.54, 1.807) is 23.0 Å². The van der Waals surface area contributed by atoms with Gasteiger partial charge in [-0.1, -0.05) is 0 Å². The Hall–Kier alpha value is -4.34. The Morgan fingerprint density at radius 1 is 0.725 bits per heavy atom. The number of nitro groups is 1. The van der Waals surface area contributed by atoms with Gasteiger partial charge in [-0.25, -0.2) is 9.36 Å². The van der Waals surface area contributed by atoms with E-state index in [1.165, 1.54) is 25.7 Å². The second-order valence-electron chi connectivity index (χ2n) is 10.7. The molecule has 0 saturated carbocycles. The van der Waals surface area contributed by atoms with Gasteiger partial charge in [0.15, 0.2) is 0 Å². The normalized spacial score (nSPS) is 15.4. The van der Waals surface area contributed by atoms with Gasteiger partial charge in [0.25, 0.3) is 5.69 Å². The molecule has 210 valence electrons. The summed E-state index contributed by atoms with van der Waals surface area (Å²) in [5, 5.41) is 19.9. The number of nitrogens with two attached hydrogens (primary N) is 1. The highest BCUT2D eigenvalue weighted by Gasteiger charge is 2.22. The van der Waals surface area contributed by atoms with E-state index < -0.39 is 0 Å². The van der Waals surface area contributed by atoms with Crippen molar-refractivity contribution in [1.82, 2.24) is 19.6 Å². The van der Waals surface area contributed by atoms with Gasteiger partial charge in [-0.05, 0) is 93.8 Å². The molecule has 0 unspecified atom stereocenters. The first-order chi connectivity index (χ1) is 19.4. The van der Waals surface area contributed by atoms with Crippen LogP contribution in [0, 0.1) is 24.0 Å². The lowest BCUT2D eigenvalue weighted by Gasteiger charge is -2.30. The van der Waals surface area contributed by atoms with E-state index in [1.807, 2.05) is 55.3 Å². The Labute approximate surface area is 235 Å². The summed E-state index contributed by atoms with van der Waals surface area (Å²) in [6.07, 6.45) is 14.8. The average Bonchev–Trinajstić information content (AvgIpc) is 3.62. The van der Waals surface area contributed by atoms with Crippen molar-refractivity contribution in [2.24, 2.45) is 0 Å². The summed E-state index contributed by atoms with van der Waals surface area (Å²) in [7, 11) is 0. The van der Waals surface area contributed by atoms with Crippen LogP contribution in [0.25, 0.3) is 11.4 Å². The Bertz CT molecular complexity index is 1450. The first-order valence-electron chi connectivity index (χ1n) is 14.1. The topological polar surface area (TPSA) is 111 Å². The smallest absolute Gasteiger partial charge is 0.292 e. The lowest BCUT2D eigenvalue weighted by Crippen LogP contribution is -2.30. The number of nitro benzene ring substituents is 1. The van der Waals surface area contributed by atoms with Gasteiger partial charge >= 0.3 is 0 Å². The molecule has 2 saturated heterocycles. The molecule has 0 amide bonds. The quantitative estimate of drug-likeness (QED) is 0.192. The molecule has 0 atom stereocenters. The molecule has 2 aromatic carbocycles. The maximum atomic E-state index is 11.3. The van der Waals surface area contributed by atoms with Gasteiger partial charge in [0.05, 0.1) is 40.1 Å². The van der Waals surface area contributed by atoms with Crippen LogP contribution in [-0.2, 0) is 0 Å². The van der Waals surface area contributed by atoms with Crippen LogP contribution in [0.2, 0.25) is 0 Å². The van der Waals surface area contributed by atoms with E-state index in [0.717, 1.165) is 72.9 Å². The molecule has 10 heteroatoms. The zero-order chi connectivity index (χ0) is 28.1. The van der Waals surface area contributed by atoms with E-state index in [9.17, 15) is 10.1 Å². The lowest BCUT2D eigenvalue weighted by molar-refractivity contribution is -0.384. The van der Waals surface area contributed by atoms with E-state index in [0.29, 0.717) is 5.69 Å². The second-order valence-corrected chi connectivity index (χ2v) is 10.7. The summed E-state index contributed by atoms with van der Waals surface area (Å²) in [5.41, 5.74) is 13.2. The molecule has 10 nitrogen and oxygen atoms in total. The van der Waals surface area contributed by atoms with E-state index in [2.05, 4.69) is 26.1 Å². The highest BCUT2D eigenvalue weighted by molar-refractivity contribution is 5.71. The fourth-order valence-corrected chi connectivity index (χ4v) is 5.39. The highest BCUT2D eigenvalue weighted by atomic mass is 16.6. The molecular formula is C30H38N8O2. The molecule has 6 rings (SSSR count). The Morgan fingerprint density at radius 3 is 1.68 bits per heavy atom. The molecule has 0 spiro atoms. The predicted molar refractivity (Wildman–Crippen MR) is 160 cm³/mol. The fraction of sp³-hybridized carbons (Fsp3) is 0.400. The Morgan fingerprint density at radius 2 is 1.20 bits per heavy atom. The molecule has 2 aliphatic rings. The van der Waals surface area contributed by atoms with Crippen molar-refractivity contribution < 1.29 is 4.92 Å². The van der Waals surface area contributed by atoms with Crippen LogP contribution < -0.4 is 15.5 Å². The number of anilines is 3. The molecular weight excluding hydrogens is 504 g/mol. The number of aryl methyl sites for hydroxylation is 2. The van der Waals surface area contributed by atoms with Gasteiger partial charge in [-0.3, -0.25) is 10.1 Å². The van der Waals surface area contributed by atoms with Gasteiger partial charge in [0.2, 0.25) is 0 Å². The molecule has 2 N–H and O–H groups in total. The fourth-order valence-electron chi connectivity index (χ4n) is 5.39. The molecule has 40 heavy (non-hydrogen) atoms. The third kappa shape index (κ3) is 6.27. The molecule has 2 aromatic heterocycles. The maximum absolute atomic E-state index is 11.3. The minimum atomic E-state index is -0.304. The monoisotopic (exact) mass is 542 g/mol. The largest absolute Gasteiger partial charge is 0.397 e. The molecule has 2 fully saturated rings. The molecule has 2 aliphatic heterocycles. The first-order valence-corrected chi connectivity index (χ1v) is 14.1. The van der Waals surface area contributed by atoms with Crippen LogP contribution in [0.5, 0.6) is 0 Å². The van der Waals surface area contributed by atoms with Gasteiger partial charge in [-0.15, -0.1) is 0 Å². The van der Waals surface area contributed by atoms with Crippen LogP contribution in [0.1, 0.15) is 49.7 Å². The first kappa shape index (κ1) is 27.2. The zero-order valence-electron chi connectivity index (χ0n) is 23.4. The van der Waals surface area contributed by atoms with Crippen molar-refractivity contribution in [3.05, 3.63) is 82.4 Å². The summed E-state index contributed by atoms with van der Waals surface area (Å²) in [5.74, 6) is 0. The molecule has 0 radical (unpaired) electrons. The maximum Gasteiger partial charge on any atom is 0.292 e. The third-order valence-electron chi connectivity index (χ3n) is 7.52. The van der Waals surface area contributed by atoms with Crippen LogP contribution in [0.15, 0.2) is 61.2 Å². The highest BCUT2D eigenvalue weighted by Crippen LogP contribution is 2.32. The number of nitrogens with zero attached hydrogens (tertiary/aromatic N) is 7. The van der Waals surface area contributed by atoms with Crippen LogP contribution in [0.3, 0.4) is 0 Å². The Balaban J connectivity index is 0.000000162. The number of aromatic nitrogens is 4. The number of benzene rings is 2. The van der Waals surface area contributed by atoms with Gasteiger partial charge in [0, 0.05) is 44.6 Å². The Kier molecular flexibility index (Phi) is 8.33. The van der Waals surface area contributed by atoms with Gasteiger partial charge < -0.3 is 15.5 Å². The summed E-state index contributed by atoms with van der Waals surface area (Å²) in [6.45, 7) is 7.98. The van der Waals surface area contributed by atoms with Crippen molar-refractivity contribution in [2.45, 2.75) is 52.4 Å². The van der Waals surface area contributed by atoms with Crippen molar-refractivity contribution in [3.8, 4) is 11.4 Å². The van der Waals surface area contributed by atoms with E-state index in [4.69, 9.17) is 5.73 Å². The summed E-state index contributed by atoms with van der Waals surface area (Å²) < 4.78 is 3.66. The molecule has 4 aromatic rings. The summed E-state index contributed by atoms with van der Waals surface area (Å²) in [6, 6.07) is 11.3. The van der Waals surface area contributed by atoms with Crippen molar-refractivity contribution in [2.75, 3.05) is 41.7 Å². The van der Waals surface area contributed by atoms with Gasteiger partial charge in [-0.2, -0.15) is 10.2 Å². The lowest BCUT2D eigenvalue weighted by atomic mass is 10.1. The van der Waals surface area contributed by atoms with Crippen LogP contribution in [0.4, 0.5) is 22.7 Å².